The van der Waals surface area contributed by atoms with Gasteiger partial charge in [-0.3, -0.25) is 0 Å². The first-order valence-corrected chi connectivity index (χ1v) is 3.42. The molecule has 0 fully saturated rings. The fourth-order valence-electron chi connectivity index (χ4n) is 0.734. The Morgan fingerprint density at radius 2 is 2.36 bits per heavy atom. The Morgan fingerprint density at radius 3 is 2.64 bits per heavy atom. The van der Waals surface area contributed by atoms with Crippen LogP contribution in [0.25, 0.3) is 0 Å². The van der Waals surface area contributed by atoms with Crippen molar-refractivity contribution in [3.8, 4) is 0 Å². The van der Waals surface area contributed by atoms with Crippen LogP contribution in [0.5, 0.6) is 0 Å². The molecule has 3 N–H and O–H groups in total. The van der Waals surface area contributed by atoms with E-state index < -0.39 is 12.1 Å². The van der Waals surface area contributed by atoms with Crippen LogP contribution in [0.1, 0.15) is 20.3 Å². The summed E-state index contributed by atoms with van der Waals surface area (Å²) in [7, 11) is 0. The second kappa shape index (κ2) is 4.87. The van der Waals surface area contributed by atoms with E-state index in [9.17, 15) is 9.90 Å². The molecule has 0 amide bonds. The summed E-state index contributed by atoms with van der Waals surface area (Å²) >= 11 is 0. The lowest BCUT2D eigenvalue weighted by Gasteiger charge is -2.08. The van der Waals surface area contributed by atoms with Crippen LogP contribution in [0, 0.1) is 0 Å². The number of hydrogen-bond acceptors (Lipinski definition) is 4. The number of nitrogens with two attached hydrogens (primary N) is 1. The average Bonchev–Trinajstić information content (AvgIpc) is 2.05. The number of hydrogen-bond donors (Lipinski definition) is 2. The van der Waals surface area contributed by atoms with E-state index in [4.69, 9.17) is 0 Å². The minimum atomic E-state index is -0.781. The minimum absolute atomic E-state index is 0.204. The quantitative estimate of drug-likeness (QED) is 0.453. The number of carbonyl (C=O) groups excluding carboxylic acids is 1. The zero-order valence-electron chi connectivity index (χ0n) is 6.70. The molecule has 0 aliphatic carbocycles. The molecule has 0 aliphatic rings. The second-order valence-electron chi connectivity index (χ2n) is 2.07. The SMILES string of the molecule is CC=C(C(=O)ON)C(O)CC. The van der Waals surface area contributed by atoms with Gasteiger partial charge >= 0.3 is 5.97 Å². The fourth-order valence-corrected chi connectivity index (χ4v) is 0.734. The Balaban J connectivity index is 4.30. The van der Waals surface area contributed by atoms with Crippen LogP contribution in [0.15, 0.2) is 11.6 Å². The van der Waals surface area contributed by atoms with E-state index in [-0.39, 0.29) is 5.57 Å². The van der Waals surface area contributed by atoms with Crippen molar-refractivity contribution in [3.63, 3.8) is 0 Å². The van der Waals surface area contributed by atoms with E-state index in [1.807, 2.05) is 0 Å². The summed E-state index contributed by atoms with van der Waals surface area (Å²) in [5, 5.41) is 9.19. The second-order valence-corrected chi connectivity index (χ2v) is 2.07. The first-order valence-electron chi connectivity index (χ1n) is 3.42. The standard InChI is InChI=1S/C7H13NO3/c1-3-5(6(9)4-2)7(10)11-8/h3,6,9H,4,8H2,1-2H3. The molecule has 0 bridgehead atoms. The lowest BCUT2D eigenvalue weighted by atomic mass is 10.1. The fraction of sp³-hybridized carbons (Fsp3) is 0.571. The Morgan fingerprint density at radius 1 is 1.82 bits per heavy atom. The molecule has 0 spiro atoms. The van der Waals surface area contributed by atoms with Crippen molar-refractivity contribution in [1.82, 2.24) is 0 Å². The van der Waals surface area contributed by atoms with Crippen molar-refractivity contribution in [2.75, 3.05) is 0 Å². The lowest BCUT2D eigenvalue weighted by molar-refractivity contribution is -0.140. The Labute approximate surface area is 65.6 Å². The number of allylic oxidation sites excluding steroid dienone is 1. The van der Waals surface area contributed by atoms with Gasteiger partial charge in [-0.1, -0.05) is 13.0 Å². The third kappa shape index (κ3) is 2.69. The lowest BCUT2D eigenvalue weighted by Crippen LogP contribution is -2.21. The van der Waals surface area contributed by atoms with Crippen LogP contribution in [0.3, 0.4) is 0 Å². The minimum Gasteiger partial charge on any atom is -0.388 e. The highest BCUT2D eigenvalue weighted by atomic mass is 16.7. The summed E-state index contributed by atoms with van der Waals surface area (Å²) in [4.78, 5) is 14.7. The highest BCUT2D eigenvalue weighted by Crippen LogP contribution is 2.06. The van der Waals surface area contributed by atoms with Crippen LogP contribution >= 0.6 is 0 Å². The number of rotatable bonds is 3. The zero-order valence-corrected chi connectivity index (χ0v) is 6.70. The number of carbonyl (C=O) groups is 1. The van der Waals surface area contributed by atoms with Crippen molar-refractivity contribution in [2.24, 2.45) is 5.90 Å². The van der Waals surface area contributed by atoms with Crippen molar-refractivity contribution in [3.05, 3.63) is 11.6 Å². The van der Waals surface area contributed by atoms with Gasteiger partial charge in [-0.05, 0) is 13.3 Å². The molecule has 0 aromatic rings. The molecule has 4 heteroatoms. The summed E-state index contributed by atoms with van der Waals surface area (Å²) < 4.78 is 0. The van der Waals surface area contributed by atoms with Gasteiger partial charge in [0, 0.05) is 0 Å². The maximum atomic E-state index is 10.8. The molecule has 0 saturated heterocycles. The van der Waals surface area contributed by atoms with Crippen LogP contribution in [-0.4, -0.2) is 17.2 Å². The normalized spacial score (nSPS) is 14.4. The largest absolute Gasteiger partial charge is 0.388 e. The predicted octanol–water partition coefficient (Wildman–Crippen LogP) is 0.120. The Bertz CT molecular complexity index is 165. The van der Waals surface area contributed by atoms with Gasteiger partial charge in [0.05, 0.1) is 11.7 Å². The monoisotopic (exact) mass is 159 g/mol. The zero-order chi connectivity index (χ0) is 8.85. The molecular formula is C7H13NO3. The van der Waals surface area contributed by atoms with Crippen LogP contribution in [0.4, 0.5) is 0 Å². The summed E-state index contributed by atoms with van der Waals surface area (Å²) in [6, 6.07) is 0. The summed E-state index contributed by atoms with van der Waals surface area (Å²) in [6.07, 6.45) is 1.18. The molecule has 0 radical (unpaired) electrons. The number of aliphatic hydroxyl groups is 1. The van der Waals surface area contributed by atoms with Gasteiger partial charge in [-0.2, -0.15) is 5.90 Å². The molecule has 11 heavy (non-hydrogen) atoms. The van der Waals surface area contributed by atoms with E-state index in [2.05, 4.69) is 10.7 Å². The van der Waals surface area contributed by atoms with Gasteiger partial charge < -0.3 is 9.94 Å². The van der Waals surface area contributed by atoms with Crippen LogP contribution in [0.2, 0.25) is 0 Å². The van der Waals surface area contributed by atoms with Crippen LogP contribution < -0.4 is 5.90 Å². The Hall–Kier alpha value is -0.870. The van der Waals surface area contributed by atoms with Crippen LogP contribution in [-0.2, 0) is 9.63 Å². The van der Waals surface area contributed by atoms with Crippen molar-refractivity contribution in [2.45, 2.75) is 26.4 Å². The molecule has 0 aromatic carbocycles. The van der Waals surface area contributed by atoms with E-state index >= 15 is 0 Å². The summed E-state index contributed by atoms with van der Waals surface area (Å²) in [5.74, 6) is 3.96. The molecule has 0 aromatic heterocycles. The predicted molar refractivity (Wildman–Crippen MR) is 40.3 cm³/mol. The van der Waals surface area contributed by atoms with Gasteiger partial charge in [0.15, 0.2) is 0 Å². The molecule has 0 saturated carbocycles. The highest BCUT2D eigenvalue weighted by Gasteiger charge is 2.16. The molecule has 0 rings (SSSR count). The molecule has 1 atom stereocenters. The van der Waals surface area contributed by atoms with E-state index in [0.717, 1.165) is 0 Å². The van der Waals surface area contributed by atoms with Gasteiger partial charge in [0.2, 0.25) is 0 Å². The summed E-state index contributed by atoms with van der Waals surface area (Å²) in [6.45, 7) is 3.41. The first kappa shape index (κ1) is 10.1. The van der Waals surface area contributed by atoms with Crippen molar-refractivity contribution < 1.29 is 14.7 Å². The maximum Gasteiger partial charge on any atom is 0.354 e. The molecular weight excluding hydrogens is 146 g/mol. The van der Waals surface area contributed by atoms with Gasteiger partial charge in [-0.25, -0.2) is 4.79 Å². The molecule has 0 aliphatic heterocycles. The smallest absolute Gasteiger partial charge is 0.354 e. The molecule has 1 unspecified atom stereocenters. The van der Waals surface area contributed by atoms with Crippen molar-refractivity contribution >= 4 is 5.97 Å². The van der Waals surface area contributed by atoms with E-state index in [1.165, 1.54) is 6.08 Å². The van der Waals surface area contributed by atoms with Gasteiger partial charge in [0.1, 0.15) is 0 Å². The maximum absolute atomic E-state index is 10.8. The third-order valence-electron chi connectivity index (χ3n) is 1.40. The average molecular weight is 159 g/mol. The van der Waals surface area contributed by atoms with Gasteiger partial charge in [0.25, 0.3) is 0 Å². The van der Waals surface area contributed by atoms with E-state index in [1.54, 1.807) is 13.8 Å². The molecule has 0 heterocycles. The third-order valence-corrected chi connectivity index (χ3v) is 1.40. The molecule has 64 valence electrons. The van der Waals surface area contributed by atoms with Crippen molar-refractivity contribution in [1.29, 1.82) is 0 Å². The highest BCUT2D eigenvalue weighted by molar-refractivity contribution is 5.89. The number of aliphatic hydroxyl groups excluding tert-OH is 1. The first-order chi connectivity index (χ1) is 5.17. The molecule has 4 nitrogen and oxygen atoms in total. The topological polar surface area (TPSA) is 72.5 Å². The summed E-state index contributed by atoms with van der Waals surface area (Å²) in [5.41, 5.74) is 0.204. The van der Waals surface area contributed by atoms with E-state index in [0.29, 0.717) is 6.42 Å². The Kier molecular flexibility index (Phi) is 4.49. The van der Waals surface area contributed by atoms with Gasteiger partial charge in [-0.15, -0.1) is 0 Å².